The van der Waals surface area contributed by atoms with Crippen molar-refractivity contribution in [2.45, 2.75) is 30.7 Å². The first kappa shape index (κ1) is 17.1. The molecule has 0 heterocycles. The predicted octanol–water partition coefficient (Wildman–Crippen LogP) is 2.54. The Hall–Kier alpha value is -1.76. The van der Waals surface area contributed by atoms with Gasteiger partial charge in [-0.1, -0.05) is 25.1 Å². The van der Waals surface area contributed by atoms with E-state index in [2.05, 4.69) is 12.2 Å². The van der Waals surface area contributed by atoms with E-state index in [1.165, 1.54) is 23.8 Å². The molecule has 0 fully saturated rings. The molecule has 24 heavy (non-hydrogen) atoms. The van der Waals surface area contributed by atoms with Crippen LogP contribution in [0.4, 0.5) is 4.39 Å². The smallest absolute Gasteiger partial charge is 0.238 e. The number of hydrogen-bond acceptors (Lipinski definition) is 3. The van der Waals surface area contributed by atoms with Gasteiger partial charge in [0.1, 0.15) is 5.82 Å². The SMILES string of the molecule is CC1Cc2ccc(F)cc2C1NCCc1ccc(S(N)(=O)=O)cc1. The maximum Gasteiger partial charge on any atom is 0.238 e. The van der Waals surface area contributed by atoms with Crippen LogP contribution in [0.3, 0.4) is 0 Å². The number of benzene rings is 2. The molecule has 2 aromatic rings. The van der Waals surface area contributed by atoms with Gasteiger partial charge in [-0.25, -0.2) is 17.9 Å². The van der Waals surface area contributed by atoms with Gasteiger partial charge in [-0.3, -0.25) is 0 Å². The summed E-state index contributed by atoms with van der Waals surface area (Å²) in [6.45, 7) is 2.90. The largest absolute Gasteiger partial charge is 0.309 e. The zero-order valence-electron chi connectivity index (χ0n) is 13.5. The molecule has 6 heteroatoms. The molecular formula is C18H21FN2O2S. The summed E-state index contributed by atoms with van der Waals surface area (Å²) in [5, 5.41) is 8.59. The van der Waals surface area contributed by atoms with Crippen LogP contribution in [0.15, 0.2) is 47.4 Å². The quantitative estimate of drug-likeness (QED) is 0.872. The fourth-order valence-electron chi connectivity index (χ4n) is 3.34. The van der Waals surface area contributed by atoms with Gasteiger partial charge < -0.3 is 5.32 Å². The van der Waals surface area contributed by atoms with E-state index in [-0.39, 0.29) is 16.8 Å². The molecule has 0 aromatic heterocycles. The van der Waals surface area contributed by atoms with Gasteiger partial charge in [-0.2, -0.15) is 0 Å². The second-order valence-electron chi connectivity index (χ2n) is 6.40. The molecule has 1 aliphatic rings. The number of rotatable bonds is 5. The van der Waals surface area contributed by atoms with Gasteiger partial charge in [0.05, 0.1) is 4.90 Å². The average molecular weight is 348 g/mol. The van der Waals surface area contributed by atoms with E-state index >= 15 is 0 Å². The molecule has 0 radical (unpaired) electrons. The molecule has 0 bridgehead atoms. The lowest BCUT2D eigenvalue weighted by Crippen LogP contribution is -2.26. The Labute approximate surface area is 141 Å². The summed E-state index contributed by atoms with van der Waals surface area (Å²) in [5.74, 6) is 0.222. The molecule has 128 valence electrons. The van der Waals surface area contributed by atoms with E-state index in [1.807, 2.05) is 6.07 Å². The fourth-order valence-corrected chi connectivity index (χ4v) is 3.86. The van der Waals surface area contributed by atoms with Gasteiger partial charge in [-0.15, -0.1) is 0 Å². The Balaban J connectivity index is 1.62. The standard InChI is InChI=1S/C18H21FN2O2S/c1-12-10-14-4-5-15(19)11-17(14)18(12)21-9-8-13-2-6-16(7-3-13)24(20,22)23/h2-7,11-12,18,21H,8-10H2,1H3,(H2,20,22,23). The van der Waals surface area contributed by atoms with Crippen LogP contribution in [0, 0.1) is 11.7 Å². The third-order valence-electron chi connectivity index (χ3n) is 4.58. The Kier molecular flexibility index (Phi) is 4.71. The number of nitrogens with two attached hydrogens (primary N) is 1. The number of nitrogens with one attached hydrogen (secondary N) is 1. The van der Waals surface area contributed by atoms with Gasteiger partial charge in [0, 0.05) is 6.04 Å². The highest BCUT2D eigenvalue weighted by molar-refractivity contribution is 7.89. The Morgan fingerprint density at radius 2 is 1.92 bits per heavy atom. The highest BCUT2D eigenvalue weighted by Crippen LogP contribution is 2.36. The lowest BCUT2D eigenvalue weighted by atomic mass is 10.0. The second-order valence-corrected chi connectivity index (χ2v) is 7.96. The number of primary sulfonamides is 1. The van der Waals surface area contributed by atoms with Crippen molar-refractivity contribution < 1.29 is 12.8 Å². The molecule has 3 N–H and O–H groups in total. The normalized spacial score (nSPS) is 20.1. The third kappa shape index (κ3) is 3.66. The van der Waals surface area contributed by atoms with Crippen molar-refractivity contribution in [3.8, 4) is 0 Å². The first-order valence-electron chi connectivity index (χ1n) is 7.98. The Morgan fingerprint density at radius 3 is 2.58 bits per heavy atom. The van der Waals surface area contributed by atoms with Gasteiger partial charge >= 0.3 is 0 Å². The molecule has 2 aromatic carbocycles. The molecule has 0 spiro atoms. The van der Waals surface area contributed by atoms with E-state index in [4.69, 9.17) is 5.14 Å². The molecule has 4 nitrogen and oxygen atoms in total. The highest BCUT2D eigenvalue weighted by Gasteiger charge is 2.29. The van der Waals surface area contributed by atoms with E-state index in [0.29, 0.717) is 5.92 Å². The third-order valence-corrected chi connectivity index (χ3v) is 5.51. The lowest BCUT2D eigenvalue weighted by Gasteiger charge is -2.19. The van der Waals surface area contributed by atoms with Crippen LogP contribution in [0.2, 0.25) is 0 Å². The number of fused-ring (bicyclic) bond motifs is 1. The van der Waals surface area contributed by atoms with E-state index in [9.17, 15) is 12.8 Å². The fraction of sp³-hybridized carbons (Fsp3) is 0.333. The van der Waals surface area contributed by atoms with Crippen molar-refractivity contribution in [2.75, 3.05) is 6.54 Å². The molecule has 0 saturated carbocycles. The lowest BCUT2D eigenvalue weighted by molar-refractivity contribution is 0.418. The minimum absolute atomic E-state index is 0.119. The van der Waals surface area contributed by atoms with E-state index in [0.717, 1.165) is 30.5 Å². The average Bonchev–Trinajstić information content (AvgIpc) is 2.82. The number of hydrogen-bond donors (Lipinski definition) is 2. The molecule has 1 aliphatic carbocycles. The first-order chi connectivity index (χ1) is 11.3. The van der Waals surface area contributed by atoms with Crippen LogP contribution < -0.4 is 10.5 Å². The first-order valence-corrected chi connectivity index (χ1v) is 9.52. The molecular weight excluding hydrogens is 327 g/mol. The summed E-state index contributed by atoms with van der Waals surface area (Å²) in [6, 6.07) is 11.7. The van der Waals surface area contributed by atoms with E-state index < -0.39 is 10.0 Å². The molecule has 2 atom stereocenters. The Morgan fingerprint density at radius 1 is 1.21 bits per heavy atom. The minimum Gasteiger partial charge on any atom is -0.309 e. The molecule has 0 amide bonds. The number of halogens is 1. The molecule has 2 unspecified atom stereocenters. The van der Waals surface area contributed by atoms with Crippen LogP contribution in [0.25, 0.3) is 0 Å². The summed E-state index contributed by atoms with van der Waals surface area (Å²) < 4.78 is 36.0. The monoisotopic (exact) mass is 348 g/mol. The van der Waals surface area contributed by atoms with E-state index in [1.54, 1.807) is 18.2 Å². The number of sulfonamides is 1. The summed E-state index contributed by atoms with van der Waals surface area (Å²) >= 11 is 0. The predicted molar refractivity (Wildman–Crippen MR) is 91.5 cm³/mol. The molecule has 0 saturated heterocycles. The van der Waals surface area contributed by atoms with Crippen LogP contribution in [0.1, 0.15) is 29.7 Å². The summed E-state index contributed by atoms with van der Waals surface area (Å²) in [6.07, 6.45) is 1.72. The summed E-state index contributed by atoms with van der Waals surface area (Å²) in [7, 11) is -3.65. The van der Waals surface area contributed by atoms with Crippen LogP contribution >= 0.6 is 0 Å². The van der Waals surface area contributed by atoms with Crippen LogP contribution in [-0.4, -0.2) is 15.0 Å². The van der Waals surface area contributed by atoms with Gasteiger partial charge in [0.2, 0.25) is 10.0 Å². The van der Waals surface area contributed by atoms with Crippen LogP contribution in [-0.2, 0) is 22.9 Å². The zero-order valence-corrected chi connectivity index (χ0v) is 14.3. The summed E-state index contributed by atoms with van der Waals surface area (Å²) in [4.78, 5) is 0.119. The van der Waals surface area contributed by atoms with Gasteiger partial charge in [0.25, 0.3) is 0 Å². The summed E-state index contributed by atoms with van der Waals surface area (Å²) in [5.41, 5.74) is 3.28. The van der Waals surface area contributed by atoms with Crippen molar-refractivity contribution in [3.05, 3.63) is 65.0 Å². The van der Waals surface area contributed by atoms with Gasteiger partial charge in [-0.05, 0) is 66.3 Å². The topological polar surface area (TPSA) is 72.2 Å². The van der Waals surface area contributed by atoms with Crippen molar-refractivity contribution in [3.63, 3.8) is 0 Å². The van der Waals surface area contributed by atoms with Crippen molar-refractivity contribution in [1.29, 1.82) is 0 Å². The van der Waals surface area contributed by atoms with Gasteiger partial charge in [0.15, 0.2) is 0 Å². The van der Waals surface area contributed by atoms with Crippen molar-refractivity contribution >= 4 is 10.0 Å². The maximum absolute atomic E-state index is 13.5. The molecule has 3 rings (SSSR count). The zero-order chi connectivity index (χ0) is 17.3. The Bertz CT molecular complexity index is 835. The maximum atomic E-state index is 13.5. The second kappa shape index (κ2) is 6.63. The van der Waals surface area contributed by atoms with Crippen LogP contribution in [0.5, 0.6) is 0 Å². The minimum atomic E-state index is -3.65. The van der Waals surface area contributed by atoms with Crippen molar-refractivity contribution in [2.24, 2.45) is 11.1 Å². The van der Waals surface area contributed by atoms with Crippen molar-refractivity contribution in [1.82, 2.24) is 5.32 Å². The molecule has 0 aliphatic heterocycles. The highest BCUT2D eigenvalue weighted by atomic mass is 32.2.